The number of hydrogen-bond donors (Lipinski definition) is 0. The molecule has 0 spiro atoms. The Morgan fingerprint density at radius 3 is 1.79 bits per heavy atom. The Hall–Kier alpha value is -2.69. The molecule has 0 saturated heterocycles. The van der Waals surface area contributed by atoms with Gasteiger partial charge in [0.05, 0.1) is 18.5 Å². The molecule has 2 aromatic carbocycles. The number of carbonyl (C=O) groups is 1. The van der Waals surface area contributed by atoms with Crippen LogP contribution in [0, 0.1) is 0 Å². The zero-order chi connectivity index (χ0) is 20.0. The summed E-state index contributed by atoms with van der Waals surface area (Å²) < 4.78 is 10.5. The molecule has 2 aromatic rings. The summed E-state index contributed by atoms with van der Waals surface area (Å²) in [5.41, 5.74) is 1.44. The predicted molar refractivity (Wildman–Crippen MR) is 112 cm³/mol. The van der Waals surface area contributed by atoms with Crippen molar-refractivity contribution in [1.82, 2.24) is 0 Å². The third-order valence-electron chi connectivity index (χ3n) is 4.41. The Morgan fingerprint density at radius 1 is 0.750 bits per heavy atom. The molecular weight excluding hydrogens is 352 g/mol. The van der Waals surface area contributed by atoms with Gasteiger partial charge in [0.1, 0.15) is 11.5 Å². The lowest BCUT2D eigenvalue weighted by atomic mass is 10.1. The quantitative estimate of drug-likeness (QED) is 0.169. The fourth-order valence-corrected chi connectivity index (χ4v) is 2.75. The molecule has 0 aliphatic carbocycles. The first-order valence-corrected chi connectivity index (χ1v) is 10.1. The summed E-state index contributed by atoms with van der Waals surface area (Å²) in [7, 11) is 1.62. The number of azo groups is 1. The molecule has 0 unspecified atom stereocenters. The Kier molecular flexibility index (Phi) is 9.76. The van der Waals surface area contributed by atoms with Crippen LogP contribution in [-0.2, 0) is 4.79 Å². The molecule has 0 aliphatic heterocycles. The molecule has 0 amide bonds. The zero-order valence-corrected chi connectivity index (χ0v) is 16.9. The van der Waals surface area contributed by atoms with Gasteiger partial charge in [0.2, 0.25) is 0 Å². The monoisotopic (exact) mass is 382 g/mol. The van der Waals surface area contributed by atoms with Crippen molar-refractivity contribution >= 4 is 17.3 Å². The highest BCUT2D eigenvalue weighted by molar-refractivity contribution is 5.72. The van der Waals surface area contributed by atoms with E-state index in [2.05, 4.69) is 17.2 Å². The Morgan fingerprint density at radius 2 is 1.25 bits per heavy atom. The first-order chi connectivity index (χ1) is 13.7. The van der Waals surface area contributed by atoms with Crippen LogP contribution in [0.25, 0.3) is 0 Å². The average Bonchev–Trinajstić information content (AvgIpc) is 2.73. The molecule has 0 saturated carbocycles. The van der Waals surface area contributed by atoms with Crippen LogP contribution in [0.5, 0.6) is 11.5 Å². The van der Waals surface area contributed by atoms with Gasteiger partial charge in [-0.2, -0.15) is 10.2 Å². The zero-order valence-electron chi connectivity index (χ0n) is 16.9. The topological polar surface area (TPSA) is 60.2 Å². The number of unbranched alkanes of at least 4 members (excludes halogenated alkanes) is 6. The maximum Gasteiger partial charge on any atom is 0.311 e. The lowest BCUT2D eigenvalue weighted by Gasteiger charge is -2.04. The van der Waals surface area contributed by atoms with Crippen LogP contribution in [0.2, 0.25) is 0 Å². The molecule has 0 atom stereocenters. The third kappa shape index (κ3) is 8.33. The van der Waals surface area contributed by atoms with E-state index in [1.54, 1.807) is 31.4 Å². The Labute approximate surface area is 167 Å². The number of methoxy groups -OCH3 is 1. The van der Waals surface area contributed by atoms with Crippen molar-refractivity contribution < 1.29 is 14.3 Å². The SMILES string of the molecule is CCCCCCCCCC(=O)Oc1ccc(/N=N/c2ccc(OC)cc2)cc1. The minimum Gasteiger partial charge on any atom is -0.497 e. The van der Waals surface area contributed by atoms with Gasteiger partial charge in [0, 0.05) is 6.42 Å². The molecule has 5 heteroatoms. The minimum atomic E-state index is -0.179. The molecule has 0 radical (unpaired) electrons. The number of hydrogen-bond acceptors (Lipinski definition) is 5. The minimum absolute atomic E-state index is 0.179. The summed E-state index contributed by atoms with van der Waals surface area (Å²) in [5, 5.41) is 8.37. The first-order valence-electron chi connectivity index (χ1n) is 10.1. The second-order valence-electron chi connectivity index (χ2n) is 6.74. The van der Waals surface area contributed by atoms with Crippen molar-refractivity contribution in [3.63, 3.8) is 0 Å². The summed E-state index contributed by atoms with van der Waals surface area (Å²) in [6, 6.07) is 14.4. The molecule has 0 fully saturated rings. The van der Waals surface area contributed by atoms with E-state index in [0.717, 1.165) is 24.3 Å². The van der Waals surface area contributed by atoms with E-state index in [9.17, 15) is 4.79 Å². The van der Waals surface area contributed by atoms with E-state index in [0.29, 0.717) is 17.9 Å². The van der Waals surface area contributed by atoms with Gasteiger partial charge in [-0.25, -0.2) is 0 Å². The van der Waals surface area contributed by atoms with Crippen LogP contribution >= 0.6 is 0 Å². The molecule has 2 rings (SSSR count). The van der Waals surface area contributed by atoms with Gasteiger partial charge in [-0.3, -0.25) is 4.79 Å². The standard InChI is InChI=1S/C23H30N2O3/c1-3-4-5-6-7-8-9-10-23(26)28-22-17-13-20(14-18-22)25-24-19-11-15-21(27-2)16-12-19/h11-18H,3-10H2,1-2H3/b25-24+. The molecule has 5 nitrogen and oxygen atoms in total. The van der Waals surface area contributed by atoms with E-state index in [1.807, 2.05) is 24.3 Å². The number of benzene rings is 2. The van der Waals surface area contributed by atoms with Gasteiger partial charge in [-0.1, -0.05) is 45.4 Å². The van der Waals surface area contributed by atoms with Crippen molar-refractivity contribution in [3.05, 3.63) is 48.5 Å². The maximum absolute atomic E-state index is 11.9. The van der Waals surface area contributed by atoms with E-state index >= 15 is 0 Å². The van der Waals surface area contributed by atoms with Crippen LogP contribution in [0.4, 0.5) is 11.4 Å². The van der Waals surface area contributed by atoms with Crippen LogP contribution in [0.3, 0.4) is 0 Å². The smallest absolute Gasteiger partial charge is 0.311 e. The molecule has 0 N–H and O–H groups in total. The fourth-order valence-electron chi connectivity index (χ4n) is 2.75. The van der Waals surface area contributed by atoms with Crippen LogP contribution in [0.1, 0.15) is 58.3 Å². The van der Waals surface area contributed by atoms with Crippen molar-refractivity contribution in [3.8, 4) is 11.5 Å². The summed E-state index contributed by atoms with van der Waals surface area (Å²) >= 11 is 0. The van der Waals surface area contributed by atoms with E-state index in [-0.39, 0.29) is 5.97 Å². The number of esters is 1. The second-order valence-corrected chi connectivity index (χ2v) is 6.74. The van der Waals surface area contributed by atoms with Gasteiger partial charge in [0.25, 0.3) is 0 Å². The molecule has 150 valence electrons. The summed E-state index contributed by atoms with van der Waals surface area (Å²) in [4.78, 5) is 11.9. The molecule has 0 aromatic heterocycles. The summed E-state index contributed by atoms with van der Waals surface area (Å²) in [5.74, 6) is 1.14. The van der Waals surface area contributed by atoms with Crippen LogP contribution in [0.15, 0.2) is 58.8 Å². The first kappa shape index (κ1) is 21.6. The summed E-state index contributed by atoms with van der Waals surface area (Å²) in [6.45, 7) is 2.21. The highest BCUT2D eigenvalue weighted by atomic mass is 16.5. The molecule has 0 bridgehead atoms. The Balaban J connectivity index is 1.71. The molecular formula is C23H30N2O3. The second kappa shape index (κ2) is 12.7. The molecule has 0 heterocycles. The maximum atomic E-state index is 11.9. The highest BCUT2D eigenvalue weighted by Crippen LogP contribution is 2.23. The van der Waals surface area contributed by atoms with Crippen LogP contribution in [-0.4, -0.2) is 13.1 Å². The Bertz CT molecular complexity index is 725. The van der Waals surface area contributed by atoms with Gasteiger partial charge >= 0.3 is 5.97 Å². The molecule has 28 heavy (non-hydrogen) atoms. The van der Waals surface area contributed by atoms with Gasteiger partial charge in [0.15, 0.2) is 0 Å². The number of ether oxygens (including phenoxy) is 2. The number of nitrogens with zero attached hydrogens (tertiary/aromatic N) is 2. The lowest BCUT2D eigenvalue weighted by Crippen LogP contribution is -2.07. The average molecular weight is 383 g/mol. The third-order valence-corrected chi connectivity index (χ3v) is 4.41. The number of carbonyl (C=O) groups excluding carboxylic acids is 1. The normalized spacial score (nSPS) is 10.9. The van der Waals surface area contributed by atoms with Crippen molar-refractivity contribution in [1.29, 1.82) is 0 Å². The predicted octanol–water partition coefficient (Wildman–Crippen LogP) is 7.16. The van der Waals surface area contributed by atoms with Crippen molar-refractivity contribution in [2.45, 2.75) is 58.3 Å². The molecule has 0 aliphatic rings. The van der Waals surface area contributed by atoms with Crippen LogP contribution < -0.4 is 9.47 Å². The fraction of sp³-hybridized carbons (Fsp3) is 0.435. The van der Waals surface area contributed by atoms with E-state index < -0.39 is 0 Å². The van der Waals surface area contributed by atoms with E-state index in [4.69, 9.17) is 9.47 Å². The van der Waals surface area contributed by atoms with E-state index in [1.165, 1.54) is 32.1 Å². The van der Waals surface area contributed by atoms with Gasteiger partial charge < -0.3 is 9.47 Å². The van der Waals surface area contributed by atoms with Gasteiger partial charge in [-0.15, -0.1) is 0 Å². The van der Waals surface area contributed by atoms with Gasteiger partial charge in [-0.05, 0) is 55.0 Å². The summed E-state index contributed by atoms with van der Waals surface area (Å²) in [6.07, 6.45) is 8.75. The van der Waals surface area contributed by atoms with Crippen molar-refractivity contribution in [2.75, 3.05) is 7.11 Å². The largest absolute Gasteiger partial charge is 0.497 e. The van der Waals surface area contributed by atoms with Crippen molar-refractivity contribution in [2.24, 2.45) is 10.2 Å². The highest BCUT2D eigenvalue weighted by Gasteiger charge is 2.05. The number of rotatable bonds is 12. The lowest BCUT2D eigenvalue weighted by molar-refractivity contribution is -0.134.